The van der Waals surface area contributed by atoms with E-state index in [0.717, 1.165) is 6.55 Å². The fourth-order valence-corrected chi connectivity index (χ4v) is 4.50. The normalized spacial score (nSPS) is 13.5. The van der Waals surface area contributed by atoms with Crippen LogP contribution in [0.3, 0.4) is 0 Å². The molecule has 16 nitrogen and oxygen atoms in total. The molecule has 11 N–H and O–H groups in total. The second-order valence-corrected chi connectivity index (χ2v) is 20.3. The van der Waals surface area contributed by atoms with Crippen molar-refractivity contribution in [3.05, 3.63) is 0 Å². The highest BCUT2D eigenvalue weighted by molar-refractivity contribution is 6.64. The molecule has 0 aliphatic heterocycles. The van der Waals surface area contributed by atoms with E-state index in [1.54, 1.807) is 13.1 Å². The van der Waals surface area contributed by atoms with E-state index in [1.165, 1.54) is 6.55 Å². The molecule has 0 aliphatic rings. The lowest BCUT2D eigenvalue weighted by Crippen LogP contribution is -2.36. The lowest BCUT2D eigenvalue weighted by molar-refractivity contribution is 0.239. The molecular formula is C4H50O16Si13. The first kappa shape index (κ1) is 55.6. The van der Waals surface area contributed by atoms with Gasteiger partial charge < -0.3 is 73.3 Å². The number of hydrogen-bond donors (Lipinski definition) is 11. The zero-order valence-electron chi connectivity index (χ0n) is 22.0. The van der Waals surface area contributed by atoms with Gasteiger partial charge in [-0.2, -0.15) is 0 Å². The Morgan fingerprint density at radius 3 is 0.485 bits per heavy atom. The van der Waals surface area contributed by atoms with Gasteiger partial charge in [-0.05, 0) is 0 Å². The van der Waals surface area contributed by atoms with Crippen molar-refractivity contribution < 1.29 is 73.3 Å². The lowest BCUT2D eigenvalue weighted by atomic mass is 11.9. The molecule has 214 valence electrons. The monoisotopic (exact) mass is 718 g/mol. The Labute approximate surface area is 228 Å². The topological polar surface area (TPSA) is 269 Å². The van der Waals surface area contributed by atoms with Crippen LogP contribution in [0.5, 0.6) is 0 Å². The highest BCUT2D eigenvalue weighted by atomic mass is 28.4. The summed E-state index contributed by atoms with van der Waals surface area (Å²) in [6, 6.07) is 0. The van der Waals surface area contributed by atoms with Crippen molar-refractivity contribution in [1.82, 2.24) is 0 Å². The first-order chi connectivity index (χ1) is 14.8. The largest absolute Gasteiger partial charge is 0.489 e. The second kappa shape index (κ2) is 38.7. The van der Waals surface area contributed by atoms with Crippen molar-refractivity contribution >= 4 is 130 Å². The van der Waals surface area contributed by atoms with Crippen LogP contribution in [0.25, 0.3) is 0 Å². The average Bonchev–Trinajstić information content (AvgIpc) is 2.78. The van der Waals surface area contributed by atoms with Gasteiger partial charge in [-0.3, -0.25) is 0 Å². The van der Waals surface area contributed by atoms with Gasteiger partial charge >= 0.3 is 35.2 Å². The zero-order chi connectivity index (χ0) is 29.5. The molecule has 0 aliphatic carbocycles. The minimum atomic E-state index is -3.61. The first-order valence-electron chi connectivity index (χ1n) is 8.42. The summed E-state index contributed by atoms with van der Waals surface area (Å²) in [5, 5.41) is 0. The Morgan fingerprint density at radius 1 is 0.394 bits per heavy atom. The van der Waals surface area contributed by atoms with Crippen LogP contribution in [-0.4, -0.2) is 182 Å². The standard InChI is InChI=1S/2CH10O3Si3.CH8O3Si2.CH6O3Si.4H4OSi/c2*1-7(2,3-5)4-6;1-6(2,3)4-5;1-5(2,3)4;4*1-2/h2*2H,1,5-6H3;2-3H,1,5H3;2-4H,1H3;4*1H,2H3. The summed E-state index contributed by atoms with van der Waals surface area (Å²) in [4.78, 5) is 86.3. The summed E-state index contributed by atoms with van der Waals surface area (Å²) in [5.41, 5.74) is 0. The van der Waals surface area contributed by atoms with Gasteiger partial charge in [-0.25, -0.2) is 0 Å². The Balaban J connectivity index is -0.0000000383. The van der Waals surface area contributed by atoms with Gasteiger partial charge in [0.05, 0.1) is 0 Å². The van der Waals surface area contributed by atoms with Crippen molar-refractivity contribution in [1.29, 1.82) is 0 Å². The summed E-state index contributed by atoms with van der Waals surface area (Å²) in [5.74, 6) is 0. The SMILES string of the molecule is C[Si](O)(O)O.C[Si](O)(O)O[SiH3].C[Si](O)(O[SiH3])O[SiH3].C[Si](O)(O[SiH3])O[SiH3].O[SiH3].O[SiH3].O[SiH3].O[SiH3]. The summed E-state index contributed by atoms with van der Waals surface area (Å²) < 4.78 is 23.3. The first-order valence-corrected chi connectivity index (χ1v) is 25.2. The van der Waals surface area contributed by atoms with Crippen LogP contribution in [-0.2, 0) is 20.6 Å². The van der Waals surface area contributed by atoms with E-state index in [9.17, 15) is 0 Å². The molecule has 0 atom stereocenters. The number of rotatable bonds is 5. The maximum Gasteiger partial charge on any atom is 0.489 e. The zero-order valence-corrected chi connectivity index (χ0v) is 44.0. The van der Waals surface area contributed by atoms with E-state index >= 15 is 0 Å². The second-order valence-electron chi connectivity index (χ2n) is 4.72. The van der Waals surface area contributed by atoms with Crippen molar-refractivity contribution in [3.63, 3.8) is 0 Å². The molecule has 0 bridgehead atoms. The molecule has 0 radical (unpaired) electrons. The Hall–Kier alpha value is 2.18. The molecule has 0 unspecified atom stereocenters. The average molecular weight is 720 g/mol. The van der Waals surface area contributed by atoms with Crippen LogP contribution in [0, 0.1) is 0 Å². The van der Waals surface area contributed by atoms with Crippen LogP contribution in [0.15, 0.2) is 0 Å². The summed E-state index contributed by atoms with van der Waals surface area (Å²) in [6.07, 6.45) is 0. The third-order valence-electron chi connectivity index (χ3n) is 1.90. The molecule has 0 heterocycles. The van der Waals surface area contributed by atoms with Crippen LogP contribution < -0.4 is 0 Å². The van der Waals surface area contributed by atoms with Crippen LogP contribution in [0.4, 0.5) is 0 Å². The van der Waals surface area contributed by atoms with Gasteiger partial charge in [0.2, 0.25) is 0 Å². The summed E-state index contributed by atoms with van der Waals surface area (Å²) in [7, 11) is -7.84. The van der Waals surface area contributed by atoms with Gasteiger partial charge in [0, 0.05) is 26.2 Å². The molecule has 0 spiro atoms. The third-order valence-corrected chi connectivity index (χ3v) is 17.1. The molecule has 0 rings (SSSR count). The molecule has 0 aromatic heterocycles. The molecular weight excluding hydrogens is 669 g/mol. The predicted molar refractivity (Wildman–Crippen MR) is 166 cm³/mol. The minimum absolute atomic E-state index is 0.306. The van der Waals surface area contributed by atoms with Crippen molar-refractivity contribution in [2.45, 2.75) is 26.2 Å². The van der Waals surface area contributed by atoms with E-state index < -0.39 is 35.2 Å². The Morgan fingerprint density at radius 2 is 0.485 bits per heavy atom. The fourth-order valence-electron chi connectivity index (χ4n) is 0.167. The van der Waals surface area contributed by atoms with Gasteiger partial charge in [0.25, 0.3) is 0 Å². The third kappa shape index (κ3) is 120. The van der Waals surface area contributed by atoms with Crippen molar-refractivity contribution in [2.24, 2.45) is 0 Å². The maximum atomic E-state index is 8.90. The number of hydrogen-bond acceptors (Lipinski definition) is 16. The molecule has 0 saturated heterocycles. The van der Waals surface area contributed by atoms with Crippen LogP contribution >= 0.6 is 0 Å². The van der Waals surface area contributed by atoms with Crippen molar-refractivity contribution in [2.75, 3.05) is 0 Å². The minimum Gasteiger partial charge on any atom is -0.442 e. The van der Waals surface area contributed by atoms with E-state index in [-0.39, 0.29) is 0 Å². The van der Waals surface area contributed by atoms with Gasteiger partial charge in [0.15, 0.2) is 0 Å². The molecule has 0 amide bonds. The lowest BCUT2D eigenvalue weighted by Gasteiger charge is -2.14. The molecule has 0 aromatic rings. The van der Waals surface area contributed by atoms with Gasteiger partial charge in [-0.15, -0.1) is 0 Å². The highest BCUT2D eigenvalue weighted by Crippen LogP contribution is 1.94. The quantitative estimate of drug-likeness (QED) is 0.118. The predicted octanol–water partition coefficient (Wildman–Crippen LogP) is -16.3. The molecule has 0 aromatic carbocycles. The maximum absolute atomic E-state index is 8.90. The van der Waals surface area contributed by atoms with Gasteiger partial charge in [-0.1, -0.05) is 0 Å². The molecule has 0 fully saturated rings. The fraction of sp³-hybridized carbons (Fsp3) is 1.00. The Bertz CT molecular complexity index is 267. The molecule has 33 heavy (non-hydrogen) atoms. The van der Waals surface area contributed by atoms with Crippen molar-refractivity contribution in [3.8, 4) is 0 Å². The van der Waals surface area contributed by atoms with E-state index in [0.29, 0.717) is 94.4 Å². The van der Waals surface area contributed by atoms with Gasteiger partial charge in [0.1, 0.15) is 94.4 Å². The van der Waals surface area contributed by atoms with E-state index in [2.05, 4.69) is 4.12 Å². The molecule has 0 saturated carbocycles. The highest BCUT2D eigenvalue weighted by Gasteiger charge is 2.24. The molecule has 29 heteroatoms. The van der Waals surface area contributed by atoms with Crippen LogP contribution in [0.1, 0.15) is 0 Å². The van der Waals surface area contributed by atoms with E-state index in [1.807, 2.05) is 0 Å². The van der Waals surface area contributed by atoms with Crippen LogP contribution in [0.2, 0.25) is 26.2 Å². The summed E-state index contributed by atoms with van der Waals surface area (Å²) in [6.45, 7) is 5.53. The summed E-state index contributed by atoms with van der Waals surface area (Å²) >= 11 is 0. The Kier molecular flexibility index (Phi) is 65.3. The smallest absolute Gasteiger partial charge is 0.442 e. The van der Waals surface area contributed by atoms with E-state index in [4.69, 9.17) is 69.2 Å².